The van der Waals surface area contributed by atoms with Crippen LogP contribution in [0.15, 0.2) is 51.6 Å². The summed E-state index contributed by atoms with van der Waals surface area (Å²) in [4.78, 5) is 29.0. The Morgan fingerprint density at radius 1 is 1.08 bits per heavy atom. The van der Waals surface area contributed by atoms with Gasteiger partial charge in [0, 0.05) is 5.69 Å². The quantitative estimate of drug-likeness (QED) is 0.676. The lowest BCUT2D eigenvalue weighted by atomic mass is 10.3. The summed E-state index contributed by atoms with van der Waals surface area (Å²) in [5.74, 6) is -0.535. The zero-order valence-electron chi connectivity index (χ0n) is 12.5. The van der Waals surface area contributed by atoms with Crippen molar-refractivity contribution >= 4 is 49.9 Å². The van der Waals surface area contributed by atoms with Gasteiger partial charge in [-0.25, -0.2) is 4.98 Å². The number of para-hydroxylation sites is 1. The van der Waals surface area contributed by atoms with E-state index < -0.39 is 5.91 Å². The standard InChI is InChI=1S/C16H12BrN3O3S/c1-9-13(15(22)19-10-5-3-2-4-6-10)24-16(18-9)20-14(21)11-7-8-12(17)23-11/h2-8H,1H3,(H,19,22)(H,18,20,21). The van der Waals surface area contributed by atoms with Crippen LogP contribution in [0, 0.1) is 6.92 Å². The summed E-state index contributed by atoms with van der Waals surface area (Å²) >= 11 is 4.25. The Bertz CT molecular complexity index is 889. The highest BCUT2D eigenvalue weighted by molar-refractivity contribution is 9.10. The lowest BCUT2D eigenvalue weighted by Crippen LogP contribution is -2.11. The van der Waals surface area contributed by atoms with E-state index in [4.69, 9.17) is 4.42 Å². The van der Waals surface area contributed by atoms with Gasteiger partial charge in [0.25, 0.3) is 11.8 Å². The smallest absolute Gasteiger partial charge is 0.293 e. The van der Waals surface area contributed by atoms with E-state index in [9.17, 15) is 9.59 Å². The number of furan rings is 1. The van der Waals surface area contributed by atoms with Crippen LogP contribution < -0.4 is 10.6 Å². The van der Waals surface area contributed by atoms with Crippen LogP contribution in [0.4, 0.5) is 10.8 Å². The van der Waals surface area contributed by atoms with Crippen LogP contribution in [-0.4, -0.2) is 16.8 Å². The molecule has 8 heteroatoms. The average molecular weight is 406 g/mol. The predicted octanol–water partition coefficient (Wildman–Crippen LogP) is 4.31. The molecule has 0 aliphatic rings. The van der Waals surface area contributed by atoms with Gasteiger partial charge in [-0.3, -0.25) is 14.9 Å². The van der Waals surface area contributed by atoms with Gasteiger partial charge in [0.2, 0.25) is 0 Å². The number of hydrogen-bond acceptors (Lipinski definition) is 5. The molecule has 3 aromatic rings. The van der Waals surface area contributed by atoms with Gasteiger partial charge in [0.15, 0.2) is 15.6 Å². The minimum absolute atomic E-state index is 0.157. The average Bonchev–Trinajstić information content (AvgIpc) is 3.14. The number of carbonyl (C=O) groups excluding carboxylic acids is 2. The highest BCUT2D eigenvalue weighted by atomic mass is 79.9. The number of nitrogens with one attached hydrogen (secondary N) is 2. The molecule has 0 saturated carbocycles. The van der Waals surface area contributed by atoms with Crippen LogP contribution >= 0.6 is 27.3 Å². The molecule has 122 valence electrons. The molecule has 2 amide bonds. The van der Waals surface area contributed by atoms with Gasteiger partial charge in [-0.2, -0.15) is 0 Å². The van der Waals surface area contributed by atoms with Crippen molar-refractivity contribution < 1.29 is 14.0 Å². The van der Waals surface area contributed by atoms with Gasteiger partial charge in [0.05, 0.1) is 5.69 Å². The number of carbonyl (C=O) groups is 2. The van der Waals surface area contributed by atoms with Gasteiger partial charge in [-0.1, -0.05) is 29.5 Å². The van der Waals surface area contributed by atoms with E-state index in [2.05, 4.69) is 31.5 Å². The lowest BCUT2D eigenvalue weighted by molar-refractivity contribution is 0.0993. The number of hydrogen-bond donors (Lipinski definition) is 2. The second kappa shape index (κ2) is 6.98. The van der Waals surface area contributed by atoms with E-state index in [0.29, 0.717) is 26.1 Å². The molecule has 2 heterocycles. The molecule has 0 bridgehead atoms. The van der Waals surface area contributed by atoms with Gasteiger partial charge < -0.3 is 9.73 Å². The fraction of sp³-hybridized carbons (Fsp3) is 0.0625. The van der Waals surface area contributed by atoms with Crippen molar-refractivity contribution in [1.29, 1.82) is 0 Å². The molecule has 0 saturated heterocycles. The van der Waals surface area contributed by atoms with Crippen molar-refractivity contribution in [2.24, 2.45) is 0 Å². The SMILES string of the molecule is Cc1nc(NC(=O)c2ccc(Br)o2)sc1C(=O)Nc1ccccc1. The van der Waals surface area contributed by atoms with Gasteiger partial charge in [-0.15, -0.1) is 0 Å². The van der Waals surface area contributed by atoms with Crippen LogP contribution in [0.3, 0.4) is 0 Å². The zero-order valence-corrected chi connectivity index (χ0v) is 14.9. The Kier molecular flexibility index (Phi) is 4.77. The third-order valence-corrected chi connectivity index (χ3v) is 4.55. The Labute approximate surface area is 150 Å². The Morgan fingerprint density at radius 3 is 2.50 bits per heavy atom. The molecule has 24 heavy (non-hydrogen) atoms. The van der Waals surface area contributed by atoms with Crippen molar-refractivity contribution in [1.82, 2.24) is 4.98 Å². The minimum atomic E-state index is -0.426. The van der Waals surface area contributed by atoms with E-state index >= 15 is 0 Å². The van der Waals surface area contributed by atoms with Crippen molar-refractivity contribution in [2.45, 2.75) is 6.92 Å². The molecule has 2 aromatic heterocycles. The second-order valence-corrected chi connectivity index (χ2v) is 6.59. The van der Waals surface area contributed by atoms with Crippen LogP contribution in [0.25, 0.3) is 0 Å². The number of aromatic nitrogens is 1. The molecule has 0 radical (unpaired) electrons. The molecule has 0 spiro atoms. The fourth-order valence-corrected chi connectivity index (χ4v) is 3.13. The summed E-state index contributed by atoms with van der Waals surface area (Å²) in [6, 6.07) is 12.3. The van der Waals surface area contributed by atoms with Gasteiger partial charge in [0.1, 0.15) is 4.88 Å². The summed E-state index contributed by atoms with van der Waals surface area (Å²) in [5, 5.41) is 5.76. The first-order valence-electron chi connectivity index (χ1n) is 6.93. The van der Waals surface area contributed by atoms with Crippen LogP contribution in [-0.2, 0) is 0 Å². The largest absolute Gasteiger partial charge is 0.444 e. The molecular formula is C16H12BrN3O3S. The highest BCUT2D eigenvalue weighted by Crippen LogP contribution is 2.25. The maximum Gasteiger partial charge on any atom is 0.293 e. The maximum atomic E-state index is 12.3. The first-order valence-corrected chi connectivity index (χ1v) is 8.54. The molecule has 0 fully saturated rings. The number of anilines is 2. The molecule has 3 rings (SSSR count). The number of amides is 2. The first kappa shape index (κ1) is 16.4. The second-order valence-electron chi connectivity index (χ2n) is 4.81. The number of aryl methyl sites for hydroxylation is 1. The molecule has 1 aromatic carbocycles. The van der Waals surface area contributed by atoms with Crippen molar-refractivity contribution in [3.05, 3.63) is 63.5 Å². The number of benzene rings is 1. The zero-order chi connectivity index (χ0) is 17.1. The van der Waals surface area contributed by atoms with Crippen LogP contribution in [0.2, 0.25) is 0 Å². The molecule has 6 nitrogen and oxygen atoms in total. The van der Waals surface area contributed by atoms with Crippen LogP contribution in [0.1, 0.15) is 25.9 Å². The Hall–Kier alpha value is -2.45. The number of thiazole rings is 1. The number of rotatable bonds is 4. The monoisotopic (exact) mass is 405 g/mol. The highest BCUT2D eigenvalue weighted by Gasteiger charge is 2.18. The number of halogens is 1. The summed E-state index contributed by atoms with van der Waals surface area (Å²) < 4.78 is 5.65. The third-order valence-electron chi connectivity index (χ3n) is 3.05. The van der Waals surface area contributed by atoms with Crippen molar-refractivity contribution in [3.8, 4) is 0 Å². The molecular weight excluding hydrogens is 394 g/mol. The summed E-state index contributed by atoms with van der Waals surface area (Å²) in [5.41, 5.74) is 1.24. The molecule has 2 N–H and O–H groups in total. The summed E-state index contributed by atoms with van der Waals surface area (Å²) in [6.45, 7) is 1.72. The Balaban J connectivity index is 1.73. The van der Waals surface area contributed by atoms with E-state index in [1.54, 1.807) is 31.2 Å². The molecule has 0 atom stereocenters. The van der Waals surface area contributed by atoms with Gasteiger partial charge >= 0.3 is 0 Å². The molecule has 0 unspecified atom stereocenters. The summed E-state index contributed by atoms with van der Waals surface area (Å²) in [7, 11) is 0. The van der Waals surface area contributed by atoms with E-state index in [1.165, 1.54) is 0 Å². The fourth-order valence-electron chi connectivity index (χ4n) is 1.96. The third kappa shape index (κ3) is 3.72. The van der Waals surface area contributed by atoms with E-state index in [0.717, 1.165) is 11.3 Å². The predicted molar refractivity (Wildman–Crippen MR) is 95.6 cm³/mol. The maximum absolute atomic E-state index is 12.3. The lowest BCUT2D eigenvalue weighted by Gasteiger charge is -2.02. The van der Waals surface area contributed by atoms with Gasteiger partial charge in [-0.05, 0) is 47.1 Å². The van der Waals surface area contributed by atoms with Crippen molar-refractivity contribution in [3.63, 3.8) is 0 Å². The number of nitrogens with zero attached hydrogens (tertiary/aromatic N) is 1. The topological polar surface area (TPSA) is 84.2 Å². The van der Waals surface area contributed by atoms with Crippen LogP contribution in [0.5, 0.6) is 0 Å². The normalized spacial score (nSPS) is 10.4. The Morgan fingerprint density at radius 2 is 1.83 bits per heavy atom. The first-order chi connectivity index (χ1) is 11.5. The molecule has 0 aliphatic carbocycles. The molecule has 0 aliphatic heterocycles. The van der Waals surface area contributed by atoms with E-state index in [-0.39, 0.29) is 11.7 Å². The van der Waals surface area contributed by atoms with Crippen molar-refractivity contribution in [2.75, 3.05) is 10.6 Å². The van der Waals surface area contributed by atoms with E-state index in [1.807, 2.05) is 18.2 Å². The minimum Gasteiger partial charge on any atom is -0.444 e. The summed E-state index contributed by atoms with van der Waals surface area (Å²) in [6.07, 6.45) is 0.